The lowest BCUT2D eigenvalue weighted by molar-refractivity contribution is -0.140. The van der Waals surface area contributed by atoms with Crippen LogP contribution in [0, 0.1) is 13.8 Å². The summed E-state index contributed by atoms with van der Waals surface area (Å²) in [5.74, 6) is -0.577. The van der Waals surface area contributed by atoms with Crippen molar-refractivity contribution in [1.82, 2.24) is 19.8 Å². The lowest BCUT2D eigenvalue weighted by Crippen LogP contribution is -2.42. The van der Waals surface area contributed by atoms with Gasteiger partial charge in [-0.15, -0.1) is 0 Å². The Labute approximate surface area is 192 Å². The number of methoxy groups -OCH3 is 1. The second kappa shape index (κ2) is 9.68. The fourth-order valence-electron chi connectivity index (χ4n) is 4.36. The predicted octanol–water partition coefficient (Wildman–Crippen LogP) is 1.86. The zero-order valence-corrected chi connectivity index (χ0v) is 19.1. The molecule has 2 aliphatic rings. The number of hydrogen-bond donors (Lipinski definition) is 1. The highest BCUT2D eigenvalue weighted by Gasteiger charge is 2.47. The molecule has 2 fully saturated rings. The summed E-state index contributed by atoms with van der Waals surface area (Å²) in [7, 11) is 1.54. The largest absolute Gasteiger partial charge is 0.507 e. The van der Waals surface area contributed by atoms with Gasteiger partial charge in [-0.1, -0.05) is 18.2 Å². The molecule has 0 saturated carbocycles. The summed E-state index contributed by atoms with van der Waals surface area (Å²) in [4.78, 5) is 38.6. The summed E-state index contributed by atoms with van der Waals surface area (Å²) >= 11 is 0. The molecule has 0 unspecified atom stereocenters. The molecule has 0 aliphatic carbocycles. The lowest BCUT2D eigenvalue weighted by Gasteiger charge is -2.31. The van der Waals surface area contributed by atoms with E-state index in [2.05, 4.69) is 14.9 Å². The van der Waals surface area contributed by atoms with Gasteiger partial charge in [0.1, 0.15) is 17.3 Å². The number of aromatic nitrogens is 2. The second-order valence-electron chi connectivity index (χ2n) is 8.10. The quantitative estimate of drug-likeness (QED) is 0.402. The maximum atomic E-state index is 13.2. The summed E-state index contributed by atoms with van der Waals surface area (Å²) in [5.41, 5.74) is 1.50. The first-order valence-electron chi connectivity index (χ1n) is 10.9. The van der Waals surface area contributed by atoms with E-state index in [-0.39, 0.29) is 11.3 Å². The van der Waals surface area contributed by atoms with E-state index in [0.29, 0.717) is 54.7 Å². The first-order chi connectivity index (χ1) is 15.9. The van der Waals surface area contributed by atoms with Crippen LogP contribution in [0.5, 0.6) is 5.75 Å². The number of para-hydroxylation sites is 1. The fraction of sp³-hybridized carbons (Fsp3) is 0.417. The van der Waals surface area contributed by atoms with Crippen molar-refractivity contribution in [3.05, 3.63) is 58.7 Å². The van der Waals surface area contributed by atoms with Crippen molar-refractivity contribution in [2.24, 2.45) is 0 Å². The number of carbonyl (C=O) groups is 2. The molecule has 1 atom stereocenters. The number of hydrogen-bond acceptors (Lipinski definition) is 8. The van der Waals surface area contributed by atoms with Gasteiger partial charge in [-0.3, -0.25) is 14.5 Å². The van der Waals surface area contributed by atoms with Gasteiger partial charge in [0.25, 0.3) is 11.7 Å². The number of nitrogens with zero attached hydrogens (tertiary/aromatic N) is 4. The molecule has 1 aromatic carbocycles. The van der Waals surface area contributed by atoms with Gasteiger partial charge < -0.3 is 19.5 Å². The number of likely N-dealkylation sites (tertiary alicyclic amines) is 1. The van der Waals surface area contributed by atoms with E-state index < -0.39 is 17.7 Å². The van der Waals surface area contributed by atoms with Crippen molar-refractivity contribution in [2.75, 3.05) is 46.5 Å². The van der Waals surface area contributed by atoms with Crippen LogP contribution in [0.15, 0.2) is 36.0 Å². The Hall–Kier alpha value is -3.30. The summed E-state index contributed by atoms with van der Waals surface area (Å²) in [6.45, 7) is 7.21. The smallest absolute Gasteiger partial charge is 0.295 e. The molecule has 0 bridgehead atoms. The van der Waals surface area contributed by atoms with Crippen LogP contribution in [-0.2, 0) is 14.3 Å². The molecule has 0 radical (unpaired) electrons. The van der Waals surface area contributed by atoms with Gasteiger partial charge in [-0.2, -0.15) is 0 Å². The minimum absolute atomic E-state index is 0.0158. The van der Waals surface area contributed by atoms with Crippen LogP contribution in [0.3, 0.4) is 0 Å². The molecule has 0 spiro atoms. The third-order valence-corrected chi connectivity index (χ3v) is 6.09. The molecule has 9 heteroatoms. The van der Waals surface area contributed by atoms with E-state index >= 15 is 0 Å². The Bertz CT molecular complexity index is 1090. The number of rotatable bonds is 6. The van der Waals surface area contributed by atoms with Crippen molar-refractivity contribution in [2.45, 2.75) is 19.9 Å². The minimum Gasteiger partial charge on any atom is -0.507 e. The van der Waals surface area contributed by atoms with Gasteiger partial charge in [0, 0.05) is 37.9 Å². The van der Waals surface area contributed by atoms with E-state index in [0.717, 1.165) is 13.1 Å². The van der Waals surface area contributed by atoms with Gasteiger partial charge in [0.15, 0.2) is 0 Å². The molecule has 2 aromatic rings. The highest BCUT2D eigenvalue weighted by Crippen LogP contribution is 2.42. The van der Waals surface area contributed by atoms with E-state index in [1.165, 1.54) is 18.2 Å². The normalized spacial score (nSPS) is 20.9. The van der Waals surface area contributed by atoms with Crippen molar-refractivity contribution >= 4 is 17.4 Å². The Morgan fingerprint density at radius 2 is 1.91 bits per heavy atom. The van der Waals surface area contributed by atoms with Crippen molar-refractivity contribution in [3.63, 3.8) is 0 Å². The second-order valence-corrected chi connectivity index (χ2v) is 8.10. The number of Topliss-reactive ketones (excluding diaryl/α,β-unsaturated/α-hetero) is 1. The Morgan fingerprint density at radius 3 is 2.61 bits per heavy atom. The lowest BCUT2D eigenvalue weighted by atomic mass is 9.94. The Kier molecular flexibility index (Phi) is 6.71. The number of ether oxygens (including phenoxy) is 2. The molecule has 2 saturated heterocycles. The topological polar surface area (TPSA) is 105 Å². The van der Waals surface area contributed by atoms with Crippen LogP contribution in [0.25, 0.3) is 5.76 Å². The van der Waals surface area contributed by atoms with Gasteiger partial charge in [-0.25, -0.2) is 9.97 Å². The number of ketones is 1. The summed E-state index contributed by atoms with van der Waals surface area (Å²) in [6.07, 6.45) is 1.48. The molecule has 174 valence electrons. The zero-order valence-electron chi connectivity index (χ0n) is 19.1. The third-order valence-electron chi connectivity index (χ3n) is 6.09. The molecular weight excluding hydrogens is 424 g/mol. The summed E-state index contributed by atoms with van der Waals surface area (Å²) in [5, 5.41) is 11.2. The van der Waals surface area contributed by atoms with Crippen LogP contribution in [0.1, 0.15) is 28.7 Å². The number of benzene rings is 1. The first kappa shape index (κ1) is 22.9. The molecular formula is C24H28N4O5. The fourth-order valence-corrected chi connectivity index (χ4v) is 4.36. The molecule has 2 aliphatic heterocycles. The average molecular weight is 453 g/mol. The summed E-state index contributed by atoms with van der Waals surface area (Å²) in [6, 6.07) is 6.43. The molecule has 33 heavy (non-hydrogen) atoms. The van der Waals surface area contributed by atoms with E-state index in [4.69, 9.17) is 9.47 Å². The number of aliphatic hydroxyl groups is 1. The molecule has 4 rings (SSSR count). The molecule has 1 aromatic heterocycles. The van der Waals surface area contributed by atoms with Crippen LogP contribution < -0.4 is 4.74 Å². The molecule has 3 heterocycles. The average Bonchev–Trinajstić information content (AvgIpc) is 3.07. The van der Waals surface area contributed by atoms with Crippen LogP contribution >= 0.6 is 0 Å². The monoisotopic (exact) mass is 452 g/mol. The number of amides is 1. The van der Waals surface area contributed by atoms with Gasteiger partial charge in [0.2, 0.25) is 0 Å². The molecule has 1 amide bonds. The van der Waals surface area contributed by atoms with Gasteiger partial charge in [-0.05, 0) is 19.9 Å². The predicted molar refractivity (Wildman–Crippen MR) is 121 cm³/mol. The maximum Gasteiger partial charge on any atom is 0.295 e. The summed E-state index contributed by atoms with van der Waals surface area (Å²) < 4.78 is 10.9. The van der Waals surface area contributed by atoms with Gasteiger partial charge in [0.05, 0.1) is 43.2 Å². The van der Waals surface area contributed by atoms with Crippen molar-refractivity contribution < 1.29 is 24.2 Å². The van der Waals surface area contributed by atoms with Crippen molar-refractivity contribution in [3.8, 4) is 5.75 Å². The Morgan fingerprint density at radius 1 is 1.18 bits per heavy atom. The standard InChI is InChI=1S/C24H28N4O5/c1-15-18(14-25-16(2)26-15)22(29)20-21(17-6-4-5-7-19(17)32-3)28(24(31)23(20)30)9-8-27-10-12-33-13-11-27/h4-7,14,21,29H,8-13H2,1-3H3/t21-/m0/s1. The number of aliphatic hydroxyl groups excluding tert-OH is 1. The van der Waals surface area contributed by atoms with Crippen molar-refractivity contribution in [1.29, 1.82) is 0 Å². The number of carbonyl (C=O) groups excluding carboxylic acids is 2. The van der Waals surface area contributed by atoms with Crippen LogP contribution in [0.2, 0.25) is 0 Å². The minimum atomic E-state index is -0.789. The number of aryl methyl sites for hydroxylation is 2. The SMILES string of the molecule is COc1ccccc1[C@H]1C(=C(O)c2cnc(C)nc2C)C(=O)C(=O)N1CCN1CCOCC1. The van der Waals surface area contributed by atoms with E-state index in [9.17, 15) is 14.7 Å². The zero-order chi connectivity index (χ0) is 23.5. The molecule has 9 nitrogen and oxygen atoms in total. The Balaban J connectivity index is 1.80. The third kappa shape index (κ3) is 4.46. The molecule has 1 N–H and O–H groups in total. The van der Waals surface area contributed by atoms with Gasteiger partial charge >= 0.3 is 0 Å². The first-order valence-corrected chi connectivity index (χ1v) is 10.9. The number of morpholine rings is 1. The highest BCUT2D eigenvalue weighted by atomic mass is 16.5. The van der Waals surface area contributed by atoms with E-state index in [1.807, 2.05) is 18.2 Å². The van der Waals surface area contributed by atoms with E-state index in [1.54, 1.807) is 19.9 Å². The highest BCUT2D eigenvalue weighted by molar-refractivity contribution is 6.46. The van der Waals surface area contributed by atoms with Crippen LogP contribution in [0.4, 0.5) is 0 Å². The maximum absolute atomic E-state index is 13.2. The van der Waals surface area contributed by atoms with Crippen LogP contribution in [-0.4, -0.2) is 83.1 Å².